The lowest BCUT2D eigenvalue weighted by molar-refractivity contribution is -0.153. The van der Waals surface area contributed by atoms with Crippen molar-refractivity contribution in [1.82, 2.24) is 14.7 Å². The van der Waals surface area contributed by atoms with Gasteiger partial charge in [-0.15, -0.1) is 0 Å². The maximum absolute atomic E-state index is 12.8. The Hall–Kier alpha value is -2.14. The highest BCUT2D eigenvalue weighted by Gasteiger charge is 2.36. The third-order valence-electron chi connectivity index (χ3n) is 4.67. The molecule has 1 amide bonds. The quantitative estimate of drug-likeness (QED) is 0.867. The highest BCUT2D eigenvalue weighted by atomic mass is 16.5. The number of carbonyl (C=O) groups is 1. The molecule has 1 aliphatic rings. The predicted molar refractivity (Wildman–Crippen MR) is 92.4 cm³/mol. The Kier molecular flexibility index (Phi) is 5.00. The van der Waals surface area contributed by atoms with E-state index in [1.165, 1.54) is 0 Å². The Balaban J connectivity index is 1.69. The van der Waals surface area contributed by atoms with E-state index < -0.39 is 0 Å². The van der Waals surface area contributed by atoms with Gasteiger partial charge < -0.3 is 9.64 Å². The molecule has 2 aromatic rings. The molecule has 24 heavy (non-hydrogen) atoms. The minimum absolute atomic E-state index is 0.0255. The number of morpholine rings is 1. The molecular weight excluding hydrogens is 302 g/mol. The fourth-order valence-electron chi connectivity index (χ4n) is 3.48. The Morgan fingerprint density at radius 2 is 2.04 bits per heavy atom. The summed E-state index contributed by atoms with van der Waals surface area (Å²) in [6.45, 7) is 4.71. The zero-order chi connectivity index (χ0) is 17.1. The number of amides is 1. The van der Waals surface area contributed by atoms with Crippen molar-refractivity contribution in [3.63, 3.8) is 0 Å². The molecule has 5 heteroatoms. The van der Waals surface area contributed by atoms with Crippen LogP contribution in [-0.4, -0.2) is 39.3 Å². The van der Waals surface area contributed by atoms with Gasteiger partial charge in [0.05, 0.1) is 24.9 Å². The van der Waals surface area contributed by atoms with Crippen LogP contribution in [-0.2, 0) is 23.0 Å². The fourth-order valence-corrected chi connectivity index (χ4v) is 3.48. The minimum Gasteiger partial charge on any atom is -0.369 e. The lowest BCUT2D eigenvalue weighted by Gasteiger charge is -2.44. The lowest BCUT2D eigenvalue weighted by atomic mass is 9.98. The van der Waals surface area contributed by atoms with Crippen molar-refractivity contribution < 1.29 is 9.53 Å². The van der Waals surface area contributed by atoms with Crippen LogP contribution in [0.5, 0.6) is 0 Å². The Morgan fingerprint density at radius 1 is 1.29 bits per heavy atom. The molecule has 2 heterocycles. The summed E-state index contributed by atoms with van der Waals surface area (Å²) in [6, 6.07) is 10.3. The van der Waals surface area contributed by atoms with Gasteiger partial charge >= 0.3 is 0 Å². The summed E-state index contributed by atoms with van der Waals surface area (Å²) in [6.07, 6.45) is 4.95. The van der Waals surface area contributed by atoms with Crippen LogP contribution >= 0.6 is 0 Å². The molecule has 0 bridgehead atoms. The number of hydrogen-bond donors (Lipinski definition) is 0. The molecular formula is C19H25N3O2. The normalized spacial score (nSPS) is 24.1. The molecule has 3 rings (SSSR count). The van der Waals surface area contributed by atoms with Crippen molar-refractivity contribution in [3.8, 4) is 0 Å². The van der Waals surface area contributed by atoms with Gasteiger partial charge in [0.15, 0.2) is 0 Å². The van der Waals surface area contributed by atoms with Gasteiger partial charge in [-0.1, -0.05) is 30.3 Å². The summed E-state index contributed by atoms with van der Waals surface area (Å²) < 4.78 is 7.80. The first-order valence-electron chi connectivity index (χ1n) is 8.51. The SMILES string of the molecule is C[C@@H]1CO[C@H](c2ccccc2)[C@H](C)N1C(=O)CCc1cnn(C)c1. The molecule has 1 aromatic heterocycles. The number of ether oxygens (including phenoxy) is 1. The molecule has 1 fully saturated rings. The van der Waals surface area contributed by atoms with Gasteiger partial charge in [0.2, 0.25) is 5.91 Å². The number of benzene rings is 1. The van der Waals surface area contributed by atoms with E-state index in [1.54, 1.807) is 4.68 Å². The van der Waals surface area contributed by atoms with E-state index in [-0.39, 0.29) is 24.1 Å². The number of aryl methyl sites for hydroxylation is 2. The van der Waals surface area contributed by atoms with Crippen molar-refractivity contribution in [2.45, 2.75) is 44.9 Å². The van der Waals surface area contributed by atoms with Gasteiger partial charge in [-0.2, -0.15) is 5.10 Å². The molecule has 0 radical (unpaired) electrons. The van der Waals surface area contributed by atoms with E-state index in [0.717, 1.165) is 17.5 Å². The first-order chi connectivity index (χ1) is 11.6. The van der Waals surface area contributed by atoms with Crippen molar-refractivity contribution in [2.75, 3.05) is 6.61 Å². The third-order valence-corrected chi connectivity index (χ3v) is 4.67. The van der Waals surface area contributed by atoms with Gasteiger partial charge in [0.25, 0.3) is 0 Å². The van der Waals surface area contributed by atoms with Gasteiger partial charge in [-0.05, 0) is 31.4 Å². The van der Waals surface area contributed by atoms with Crippen LogP contribution in [0.15, 0.2) is 42.7 Å². The number of carbonyl (C=O) groups excluding carboxylic acids is 1. The predicted octanol–water partition coefficient (Wildman–Crippen LogP) is 2.73. The molecule has 0 aliphatic carbocycles. The second-order valence-corrected chi connectivity index (χ2v) is 6.58. The maximum Gasteiger partial charge on any atom is 0.223 e. The summed E-state index contributed by atoms with van der Waals surface area (Å²) in [5.74, 6) is 0.183. The van der Waals surface area contributed by atoms with Crippen molar-refractivity contribution in [3.05, 3.63) is 53.9 Å². The molecule has 1 aliphatic heterocycles. The monoisotopic (exact) mass is 327 g/mol. The number of nitrogens with zero attached hydrogens (tertiary/aromatic N) is 3. The average Bonchev–Trinajstić information content (AvgIpc) is 2.99. The summed E-state index contributed by atoms with van der Waals surface area (Å²) in [7, 11) is 1.89. The zero-order valence-corrected chi connectivity index (χ0v) is 14.6. The van der Waals surface area contributed by atoms with E-state index in [9.17, 15) is 4.79 Å². The number of rotatable bonds is 4. The summed E-state index contributed by atoms with van der Waals surface area (Å²) >= 11 is 0. The highest BCUT2D eigenvalue weighted by molar-refractivity contribution is 5.77. The highest BCUT2D eigenvalue weighted by Crippen LogP contribution is 2.31. The molecule has 1 aromatic carbocycles. The van der Waals surface area contributed by atoms with Crippen LogP contribution in [0, 0.1) is 0 Å². The average molecular weight is 327 g/mol. The zero-order valence-electron chi connectivity index (χ0n) is 14.6. The molecule has 5 nitrogen and oxygen atoms in total. The lowest BCUT2D eigenvalue weighted by Crippen LogP contribution is -2.53. The Labute approximate surface area is 143 Å². The molecule has 128 valence electrons. The first kappa shape index (κ1) is 16.7. The fraction of sp³-hybridized carbons (Fsp3) is 0.474. The number of aromatic nitrogens is 2. The number of hydrogen-bond acceptors (Lipinski definition) is 3. The first-order valence-corrected chi connectivity index (χ1v) is 8.51. The van der Waals surface area contributed by atoms with E-state index >= 15 is 0 Å². The minimum atomic E-state index is -0.0651. The van der Waals surface area contributed by atoms with E-state index in [1.807, 2.05) is 42.5 Å². The smallest absolute Gasteiger partial charge is 0.223 e. The van der Waals surface area contributed by atoms with Gasteiger partial charge in [0.1, 0.15) is 6.10 Å². The maximum atomic E-state index is 12.8. The largest absolute Gasteiger partial charge is 0.369 e. The Morgan fingerprint density at radius 3 is 2.71 bits per heavy atom. The topological polar surface area (TPSA) is 47.4 Å². The summed E-state index contributed by atoms with van der Waals surface area (Å²) in [4.78, 5) is 14.8. The molecule has 0 spiro atoms. The van der Waals surface area contributed by atoms with E-state index in [2.05, 4.69) is 31.1 Å². The standard InChI is InChI=1S/C19H25N3O2/c1-14-13-24-19(17-7-5-4-6-8-17)15(2)22(14)18(23)10-9-16-11-20-21(3)12-16/h4-8,11-12,14-15,19H,9-10,13H2,1-3H3/t14-,15+,19+/m1/s1. The molecule has 0 N–H and O–H groups in total. The molecule has 3 atom stereocenters. The van der Waals surface area contributed by atoms with Crippen molar-refractivity contribution in [2.24, 2.45) is 7.05 Å². The van der Waals surface area contributed by atoms with Crippen molar-refractivity contribution >= 4 is 5.91 Å². The van der Waals surface area contributed by atoms with Crippen molar-refractivity contribution in [1.29, 1.82) is 0 Å². The second-order valence-electron chi connectivity index (χ2n) is 6.58. The van der Waals surface area contributed by atoms with Crippen LogP contribution in [0.4, 0.5) is 0 Å². The van der Waals surface area contributed by atoms with Gasteiger partial charge in [-0.3, -0.25) is 9.48 Å². The Bertz CT molecular complexity index is 683. The summed E-state index contributed by atoms with van der Waals surface area (Å²) in [5.41, 5.74) is 2.22. The third kappa shape index (κ3) is 3.51. The van der Waals surface area contributed by atoms with Crippen LogP contribution < -0.4 is 0 Å². The summed E-state index contributed by atoms with van der Waals surface area (Å²) in [5, 5.41) is 4.16. The van der Waals surface area contributed by atoms with E-state index in [4.69, 9.17) is 4.74 Å². The molecule has 0 saturated carbocycles. The molecule has 1 saturated heterocycles. The van der Waals surface area contributed by atoms with Gasteiger partial charge in [0, 0.05) is 19.7 Å². The van der Waals surface area contributed by atoms with Crippen LogP contribution in [0.3, 0.4) is 0 Å². The molecule has 0 unspecified atom stereocenters. The van der Waals surface area contributed by atoms with Crippen LogP contribution in [0.1, 0.15) is 37.5 Å². The second kappa shape index (κ2) is 7.18. The van der Waals surface area contributed by atoms with Gasteiger partial charge in [-0.25, -0.2) is 0 Å². The van der Waals surface area contributed by atoms with E-state index in [0.29, 0.717) is 13.0 Å². The van der Waals surface area contributed by atoms with Crippen LogP contribution in [0.2, 0.25) is 0 Å². The van der Waals surface area contributed by atoms with Crippen LogP contribution in [0.25, 0.3) is 0 Å².